The lowest BCUT2D eigenvalue weighted by Gasteiger charge is -2.47. The highest BCUT2D eigenvalue weighted by Gasteiger charge is 2.52. The van der Waals surface area contributed by atoms with E-state index in [9.17, 15) is 0 Å². The molecule has 0 radical (unpaired) electrons. The Bertz CT molecular complexity index is 1170. The van der Waals surface area contributed by atoms with Gasteiger partial charge in [0.2, 0.25) is 0 Å². The van der Waals surface area contributed by atoms with Crippen LogP contribution in [0.5, 0.6) is 0 Å². The number of methoxy groups -OCH3 is 1. The van der Waals surface area contributed by atoms with E-state index in [0.29, 0.717) is 13.2 Å². The smallest absolute Gasteiger partial charge is 0.261 e. The van der Waals surface area contributed by atoms with Crippen LogP contribution in [0.3, 0.4) is 0 Å². The summed E-state index contributed by atoms with van der Waals surface area (Å²) in [6.45, 7) is 16.0. The highest BCUT2D eigenvalue weighted by molar-refractivity contribution is 6.99. The number of rotatable bonds is 12. The molecule has 0 spiro atoms. The van der Waals surface area contributed by atoms with Gasteiger partial charge in [-0.25, -0.2) is 0 Å². The number of hydrogen-bond donors (Lipinski definition) is 0. The molecule has 0 amide bonds. The quantitative estimate of drug-likeness (QED) is 0.193. The summed E-state index contributed by atoms with van der Waals surface area (Å²) in [5.74, 6) is 0. The van der Waals surface area contributed by atoms with Crippen molar-refractivity contribution in [3.63, 3.8) is 0 Å². The van der Waals surface area contributed by atoms with Gasteiger partial charge < -0.3 is 23.4 Å². The third-order valence-corrected chi connectivity index (χ3v) is 13.2. The molecule has 0 aliphatic carbocycles. The Kier molecular flexibility index (Phi) is 10.4. The zero-order valence-electron chi connectivity index (χ0n) is 25.4. The standard InChI is InChI=1S/C35H46O5Si/c1-8-35(5,6)33(36-7)32-31(37-24-27-18-12-9-13-19-27)30(38-26-39-32)25-40-41(34(2,3)4,28-20-14-10-15-21-28)29-22-16-11-17-23-29/h8-23,30-33H,1,24-26H2,2-7H3/t30-,31-,32+,33-/m1/s1. The van der Waals surface area contributed by atoms with Crippen molar-refractivity contribution in [3.05, 3.63) is 109 Å². The van der Waals surface area contributed by atoms with Crippen LogP contribution in [0.2, 0.25) is 5.04 Å². The van der Waals surface area contributed by atoms with Crippen molar-refractivity contribution < 1.29 is 23.4 Å². The van der Waals surface area contributed by atoms with Crippen LogP contribution in [-0.2, 0) is 30.0 Å². The molecule has 4 atom stereocenters. The predicted octanol–water partition coefficient (Wildman–Crippen LogP) is 6.12. The molecule has 0 unspecified atom stereocenters. The Labute approximate surface area is 247 Å². The Hall–Kier alpha value is -2.58. The summed E-state index contributed by atoms with van der Waals surface area (Å²) in [6, 6.07) is 31.5. The number of ether oxygens (including phenoxy) is 4. The normalized spacial score (nSPS) is 20.9. The van der Waals surface area contributed by atoms with E-state index in [4.69, 9.17) is 23.4 Å². The molecule has 5 nitrogen and oxygen atoms in total. The minimum atomic E-state index is -2.77. The zero-order valence-corrected chi connectivity index (χ0v) is 26.4. The highest BCUT2D eigenvalue weighted by Crippen LogP contribution is 2.38. The molecule has 0 N–H and O–H groups in total. The fourth-order valence-electron chi connectivity index (χ4n) is 5.92. The maximum atomic E-state index is 7.28. The van der Waals surface area contributed by atoms with Gasteiger partial charge in [0.05, 0.1) is 19.3 Å². The van der Waals surface area contributed by atoms with E-state index in [0.717, 1.165) is 5.56 Å². The first-order chi connectivity index (χ1) is 19.6. The molecule has 1 heterocycles. The first-order valence-corrected chi connectivity index (χ1v) is 16.3. The van der Waals surface area contributed by atoms with Gasteiger partial charge in [0, 0.05) is 12.5 Å². The lowest BCUT2D eigenvalue weighted by atomic mass is 9.81. The first kappa shape index (κ1) is 31.4. The molecule has 0 saturated carbocycles. The van der Waals surface area contributed by atoms with Crippen LogP contribution in [0.15, 0.2) is 104 Å². The van der Waals surface area contributed by atoms with E-state index in [1.165, 1.54) is 10.4 Å². The molecular formula is C35H46O5Si. The van der Waals surface area contributed by atoms with E-state index >= 15 is 0 Å². The highest BCUT2D eigenvalue weighted by atomic mass is 28.4. The topological polar surface area (TPSA) is 46.2 Å². The molecule has 1 fully saturated rings. The first-order valence-electron chi connectivity index (χ1n) is 14.4. The molecule has 3 aromatic rings. The van der Waals surface area contributed by atoms with Crippen LogP contribution in [-0.4, -0.2) is 53.2 Å². The van der Waals surface area contributed by atoms with Crippen LogP contribution in [0, 0.1) is 5.41 Å². The summed E-state index contributed by atoms with van der Waals surface area (Å²) in [4.78, 5) is 0. The second-order valence-electron chi connectivity index (χ2n) is 12.4. The summed E-state index contributed by atoms with van der Waals surface area (Å²) in [6.07, 6.45) is 0.462. The maximum Gasteiger partial charge on any atom is 0.261 e. The van der Waals surface area contributed by atoms with Gasteiger partial charge in [-0.2, -0.15) is 0 Å². The summed E-state index contributed by atoms with van der Waals surface area (Å²) < 4.78 is 32.5. The van der Waals surface area contributed by atoms with Gasteiger partial charge in [-0.05, 0) is 21.0 Å². The minimum Gasteiger partial charge on any atom is -0.405 e. The Morgan fingerprint density at radius 2 is 1.39 bits per heavy atom. The van der Waals surface area contributed by atoms with Crippen molar-refractivity contribution in [2.24, 2.45) is 5.41 Å². The van der Waals surface area contributed by atoms with Crippen LogP contribution in [0.25, 0.3) is 0 Å². The van der Waals surface area contributed by atoms with Crippen molar-refractivity contribution in [3.8, 4) is 0 Å². The molecule has 4 rings (SSSR count). The van der Waals surface area contributed by atoms with E-state index in [2.05, 4.69) is 114 Å². The zero-order chi connectivity index (χ0) is 29.5. The Balaban J connectivity index is 1.71. The predicted molar refractivity (Wildman–Crippen MR) is 168 cm³/mol. The molecule has 3 aromatic carbocycles. The molecule has 6 heteroatoms. The van der Waals surface area contributed by atoms with Crippen LogP contribution in [0.4, 0.5) is 0 Å². The molecule has 1 aliphatic rings. The molecule has 1 saturated heterocycles. The largest absolute Gasteiger partial charge is 0.405 e. The van der Waals surface area contributed by atoms with Crippen LogP contribution in [0.1, 0.15) is 40.2 Å². The summed E-state index contributed by atoms with van der Waals surface area (Å²) in [5, 5.41) is 2.30. The number of hydrogen-bond acceptors (Lipinski definition) is 5. The van der Waals surface area contributed by atoms with Gasteiger partial charge in [0.25, 0.3) is 8.32 Å². The van der Waals surface area contributed by atoms with Crippen LogP contribution < -0.4 is 10.4 Å². The molecule has 0 aromatic heterocycles. The lowest BCUT2D eigenvalue weighted by Crippen LogP contribution is -2.68. The average molecular weight is 575 g/mol. The average Bonchev–Trinajstić information content (AvgIpc) is 2.98. The summed E-state index contributed by atoms with van der Waals surface area (Å²) in [7, 11) is -1.06. The van der Waals surface area contributed by atoms with Gasteiger partial charge >= 0.3 is 0 Å². The monoisotopic (exact) mass is 574 g/mol. The fourth-order valence-corrected chi connectivity index (χ4v) is 10.5. The lowest BCUT2D eigenvalue weighted by molar-refractivity contribution is -0.279. The molecule has 1 aliphatic heterocycles. The summed E-state index contributed by atoms with van der Waals surface area (Å²) in [5.41, 5.74) is 0.731. The van der Waals surface area contributed by atoms with E-state index in [1.807, 2.05) is 24.3 Å². The van der Waals surface area contributed by atoms with Crippen molar-refractivity contribution in [2.75, 3.05) is 20.5 Å². The fraction of sp³-hybridized carbons (Fsp3) is 0.429. The van der Waals surface area contributed by atoms with E-state index in [-0.39, 0.29) is 35.6 Å². The van der Waals surface area contributed by atoms with Crippen molar-refractivity contribution in [1.29, 1.82) is 0 Å². The van der Waals surface area contributed by atoms with Crippen molar-refractivity contribution >= 4 is 18.7 Å². The maximum absolute atomic E-state index is 7.28. The van der Waals surface area contributed by atoms with Gasteiger partial charge in [-0.15, -0.1) is 6.58 Å². The van der Waals surface area contributed by atoms with E-state index < -0.39 is 14.4 Å². The van der Waals surface area contributed by atoms with Gasteiger partial charge in [0.15, 0.2) is 0 Å². The third kappa shape index (κ3) is 6.91. The SMILES string of the molecule is C=CC(C)(C)[C@H](OC)[C@H]1OCO[C@H](CO[Si](c2ccccc2)(c2ccccc2)C(C)(C)C)[C@H]1OCc1ccccc1. The van der Waals surface area contributed by atoms with Gasteiger partial charge in [-0.3, -0.25) is 0 Å². The Morgan fingerprint density at radius 1 is 0.854 bits per heavy atom. The molecular weight excluding hydrogens is 528 g/mol. The van der Waals surface area contributed by atoms with Crippen LogP contribution >= 0.6 is 0 Å². The third-order valence-electron chi connectivity index (χ3n) is 8.21. The van der Waals surface area contributed by atoms with E-state index in [1.54, 1.807) is 7.11 Å². The van der Waals surface area contributed by atoms with Gasteiger partial charge in [0.1, 0.15) is 25.1 Å². The second kappa shape index (κ2) is 13.6. The Morgan fingerprint density at radius 3 is 1.88 bits per heavy atom. The van der Waals surface area contributed by atoms with Crippen molar-refractivity contribution in [2.45, 2.75) is 70.7 Å². The van der Waals surface area contributed by atoms with Gasteiger partial charge in [-0.1, -0.05) is 132 Å². The summed E-state index contributed by atoms with van der Waals surface area (Å²) >= 11 is 0. The molecule has 41 heavy (non-hydrogen) atoms. The number of benzene rings is 3. The minimum absolute atomic E-state index is 0.137. The second-order valence-corrected chi connectivity index (χ2v) is 16.7. The molecule has 220 valence electrons. The molecule has 0 bridgehead atoms. The van der Waals surface area contributed by atoms with Crippen molar-refractivity contribution in [1.82, 2.24) is 0 Å².